The number of hydrogen-bond acceptors (Lipinski definition) is 3. The summed E-state index contributed by atoms with van der Waals surface area (Å²) in [4.78, 5) is 11.0. The molecule has 0 unspecified atom stereocenters. The number of ether oxygens (including phenoxy) is 2. The third-order valence-corrected chi connectivity index (χ3v) is 2.95. The molecule has 2 aromatic carbocycles. The molecule has 0 aliphatic heterocycles. The van der Waals surface area contributed by atoms with Gasteiger partial charge in [-0.2, -0.15) is 0 Å². The Morgan fingerprint density at radius 2 is 2.05 bits per heavy atom. The first-order chi connectivity index (χ1) is 9.60. The number of methoxy groups -OCH3 is 1. The smallest absolute Gasteiger partial charge is 0.335 e. The number of carboxylic acids is 1. The first kappa shape index (κ1) is 14.2. The van der Waals surface area contributed by atoms with Gasteiger partial charge in [0.25, 0.3) is 0 Å². The topological polar surface area (TPSA) is 55.8 Å². The Bertz CT molecular complexity index is 625. The van der Waals surface area contributed by atoms with Crippen LogP contribution < -0.4 is 9.47 Å². The second-order valence-electron chi connectivity index (χ2n) is 4.08. The van der Waals surface area contributed by atoms with E-state index in [2.05, 4.69) is 0 Å². The lowest BCUT2D eigenvalue weighted by atomic mass is 10.1. The number of aromatic carboxylic acids is 1. The molecule has 2 aromatic rings. The summed E-state index contributed by atoms with van der Waals surface area (Å²) in [5, 5.41) is 9.57. The van der Waals surface area contributed by atoms with Gasteiger partial charge in [0.15, 0.2) is 0 Å². The van der Waals surface area contributed by atoms with Crippen molar-refractivity contribution in [1.82, 2.24) is 0 Å². The molecule has 0 radical (unpaired) electrons. The molecule has 0 amide bonds. The number of rotatable bonds is 5. The molecule has 0 aromatic heterocycles. The van der Waals surface area contributed by atoms with Crippen LogP contribution in [0, 0.1) is 0 Å². The monoisotopic (exact) mass is 292 g/mol. The molecule has 0 saturated heterocycles. The maximum atomic E-state index is 11.0. The summed E-state index contributed by atoms with van der Waals surface area (Å²) in [6, 6.07) is 11.6. The van der Waals surface area contributed by atoms with E-state index in [4.69, 9.17) is 26.2 Å². The van der Waals surface area contributed by atoms with Gasteiger partial charge in [-0.15, -0.1) is 0 Å². The van der Waals surface area contributed by atoms with Gasteiger partial charge in [-0.3, -0.25) is 0 Å². The highest BCUT2D eigenvalue weighted by Gasteiger charge is 2.09. The zero-order valence-corrected chi connectivity index (χ0v) is 11.6. The van der Waals surface area contributed by atoms with Crippen LogP contribution in [-0.4, -0.2) is 18.2 Å². The molecule has 20 heavy (non-hydrogen) atoms. The first-order valence-corrected chi connectivity index (χ1v) is 6.26. The maximum Gasteiger partial charge on any atom is 0.335 e. The zero-order chi connectivity index (χ0) is 14.5. The molecule has 0 aliphatic carbocycles. The fourth-order valence-corrected chi connectivity index (χ4v) is 1.92. The van der Waals surface area contributed by atoms with Crippen LogP contribution in [0.15, 0.2) is 42.5 Å². The maximum absolute atomic E-state index is 11.0. The molecule has 104 valence electrons. The normalized spacial score (nSPS) is 10.1. The largest absolute Gasteiger partial charge is 0.496 e. The van der Waals surface area contributed by atoms with Crippen molar-refractivity contribution in [2.75, 3.05) is 7.11 Å². The number of benzene rings is 2. The van der Waals surface area contributed by atoms with Crippen molar-refractivity contribution in [2.24, 2.45) is 0 Å². The highest BCUT2D eigenvalue weighted by molar-refractivity contribution is 6.30. The summed E-state index contributed by atoms with van der Waals surface area (Å²) in [6.07, 6.45) is 0. The van der Waals surface area contributed by atoms with E-state index in [0.717, 1.165) is 0 Å². The third-order valence-electron chi connectivity index (χ3n) is 2.72. The third kappa shape index (κ3) is 3.42. The summed E-state index contributed by atoms with van der Waals surface area (Å²) in [5.74, 6) is 0.203. The average Bonchev–Trinajstić information content (AvgIpc) is 2.44. The molecule has 0 atom stereocenters. The van der Waals surface area contributed by atoms with Crippen molar-refractivity contribution in [3.8, 4) is 11.5 Å². The molecular weight excluding hydrogens is 280 g/mol. The van der Waals surface area contributed by atoms with E-state index in [0.29, 0.717) is 22.1 Å². The van der Waals surface area contributed by atoms with E-state index < -0.39 is 5.97 Å². The predicted molar refractivity (Wildman–Crippen MR) is 75.7 cm³/mol. The Morgan fingerprint density at radius 1 is 1.25 bits per heavy atom. The van der Waals surface area contributed by atoms with Gasteiger partial charge in [-0.05, 0) is 36.4 Å². The minimum absolute atomic E-state index is 0.190. The predicted octanol–water partition coefficient (Wildman–Crippen LogP) is 3.63. The van der Waals surface area contributed by atoms with Crippen molar-refractivity contribution < 1.29 is 19.4 Å². The second kappa shape index (κ2) is 6.30. The summed E-state index contributed by atoms with van der Waals surface area (Å²) in [6.45, 7) is 0.199. The molecule has 1 N–H and O–H groups in total. The van der Waals surface area contributed by atoms with Crippen LogP contribution in [0.1, 0.15) is 15.9 Å². The Hall–Kier alpha value is -2.20. The van der Waals surface area contributed by atoms with Crippen LogP contribution in [0.4, 0.5) is 0 Å². The van der Waals surface area contributed by atoms with Gasteiger partial charge in [-0.25, -0.2) is 4.79 Å². The Balaban J connectivity index is 2.19. The van der Waals surface area contributed by atoms with Crippen molar-refractivity contribution in [3.05, 3.63) is 58.6 Å². The molecule has 0 fully saturated rings. The Morgan fingerprint density at radius 3 is 2.70 bits per heavy atom. The molecule has 0 heterocycles. The number of carboxylic acid groups (broad SMARTS) is 1. The highest BCUT2D eigenvalue weighted by atomic mass is 35.5. The van der Waals surface area contributed by atoms with Crippen LogP contribution in [0.2, 0.25) is 5.02 Å². The van der Waals surface area contributed by atoms with Gasteiger partial charge in [-0.1, -0.05) is 17.7 Å². The van der Waals surface area contributed by atoms with Crippen LogP contribution in [-0.2, 0) is 6.61 Å². The van der Waals surface area contributed by atoms with E-state index in [1.165, 1.54) is 19.2 Å². The fraction of sp³-hybridized carbons (Fsp3) is 0.133. The van der Waals surface area contributed by atoms with Gasteiger partial charge in [0.2, 0.25) is 0 Å². The lowest BCUT2D eigenvalue weighted by molar-refractivity contribution is 0.0696. The van der Waals surface area contributed by atoms with Crippen LogP contribution in [0.5, 0.6) is 11.5 Å². The van der Waals surface area contributed by atoms with Crippen molar-refractivity contribution >= 4 is 17.6 Å². The van der Waals surface area contributed by atoms with Crippen LogP contribution in [0.3, 0.4) is 0 Å². The second-order valence-corrected chi connectivity index (χ2v) is 4.51. The molecule has 0 saturated carbocycles. The zero-order valence-electron chi connectivity index (χ0n) is 10.8. The van der Waals surface area contributed by atoms with Gasteiger partial charge in [0.05, 0.1) is 12.7 Å². The summed E-state index contributed by atoms with van der Waals surface area (Å²) < 4.78 is 10.8. The number of halogens is 1. The molecule has 0 spiro atoms. The van der Waals surface area contributed by atoms with Crippen LogP contribution in [0.25, 0.3) is 0 Å². The molecule has 0 bridgehead atoms. The minimum atomic E-state index is -0.989. The van der Waals surface area contributed by atoms with Gasteiger partial charge in [0, 0.05) is 10.6 Å². The molecule has 5 heteroatoms. The van der Waals surface area contributed by atoms with E-state index >= 15 is 0 Å². The SMILES string of the molecule is COc1ccc(C(=O)O)cc1COc1cccc(Cl)c1. The summed E-state index contributed by atoms with van der Waals surface area (Å²) >= 11 is 5.87. The molecular formula is C15H13ClO4. The Labute approximate surface area is 121 Å². The quantitative estimate of drug-likeness (QED) is 0.914. The van der Waals surface area contributed by atoms with Crippen LogP contribution >= 0.6 is 11.6 Å². The summed E-state index contributed by atoms with van der Waals surface area (Å²) in [7, 11) is 1.53. The van der Waals surface area contributed by atoms with Crippen molar-refractivity contribution in [2.45, 2.75) is 6.61 Å². The molecule has 0 aliphatic rings. The Kier molecular flexibility index (Phi) is 4.48. The van der Waals surface area contributed by atoms with Gasteiger partial charge < -0.3 is 14.6 Å². The average molecular weight is 293 g/mol. The first-order valence-electron chi connectivity index (χ1n) is 5.88. The lowest BCUT2D eigenvalue weighted by Crippen LogP contribution is -2.03. The minimum Gasteiger partial charge on any atom is -0.496 e. The standard InChI is InChI=1S/C15H13ClO4/c1-19-14-6-5-10(15(17)18)7-11(14)9-20-13-4-2-3-12(16)8-13/h2-8H,9H2,1H3,(H,17,18). The number of hydrogen-bond donors (Lipinski definition) is 1. The highest BCUT2D eigenvalue weighted by Crippen LogP contribution is 2.23. The molecule has 2 rings (SSSR count). The van der Waals surface area contributed by atoms with E-state index in [-0.39, 0.29) is 12.2 Å². The van der Waals surface area contributed by atoms with Crippen molar-refractivity contribution in [1.29, 1.82) is 0 Å². The van der Waals surface area contributed by atoms with Gasteiger partial charge in [0.1, 0.15) is 18.1 Å². The fourth-order valence-electron chi connectivity index (χ4n) is 1.74. The van der Waals surface area contributed by atoms with E-state index in [9.17, 15) is 4.79 Å². The summed E-state index contributed by atoms with van der Waals surface area (Å²) in [5.41, 5.74) is 0.850. The van der Waals surface area contributed by atoms with Crippen molar-refractivity contribution in [3.63, 3.8) is 0 Å². The molecule has 4 nitrogen and oxygen atoms in total. The number of carbonyl (C=O) groups is 1. The van der Waals surface area contributed by atoms with E-state index in [1.54, 1.807) is 30.3 Å². The van der Waals surface area contributed by atoms with E-state index in [1.807, 2.05) is 0 Å². The lowest BCUT2D eigenvalue weighted by Gasteiger charge is -2.11. The van der Waals surface area contributed by atoms with Gasteiger partial charge >= 0.3 is 5.97 Å².